The summed E-state index contributed by atoms with van der Waals surface area (Å²) in [5.74, 6) is 3.28. The molecule has 3 fully saturated rings. The summed E-state index contributed by atoms with van der Waals surface area (Å²) in [6.07, 6.45) is 13.5. The highest BCUT2D eigenvalue weighted by Gasteiger charge is 2.58. The van der Waals surface area contributed by atoms with Crippen LogP contribution in [-0.2, 0) is 6.67 Å². The summed E-state index contributed by atoms with van der Waals surface area (Å²) in [5.41, 5.74) is 3.39. The molecule has 0 spiro atoms. The lowest BCUT2D eigenvalue weighted by Gasteiger charge is -2.58. The van der Waals surface area contributed by atoms with Gasteiger partial charge in [0.15, 0.2) is 0 Å². The summed E-state index contributed by atoms with van der Waals surface area (Å²) in [6, 6.07) is 1.97. The molecule has 148 valence electrons. The van der Waals surface area contributed by atoms with Crippen molar-refractivity contribution in [2.24, 2.45) is 28.6 Å². The highest BCUT2D eigenvalue weighted by atomic mass is 19.1. The molecule has 0 aliphatic heterocycles. The number of rotatable bonds is 2. The first-order chi connectivity index (χ1) is 13.0. The Labute approximate surface area is 162 Å². The number of hydrogen-bond donors (Lipinski definition) is 1. The van der Waals surface area contributed by atoms with Crippen molar-refractivity contribution in [1.29, 1.82) is 0 Å². The Hall–Kier alpha value is -1.09. The second kappa shape index (κ2) is 6.20. The molecule has 0 saturated heterocycles. The van der Waals surface area contributed by atoms with Crippen LogP contribution in [0.5, 0.6) is 0 Å². The minimum Gasteiger partial charge on any atom is -0.466 e. The minimum atomic E-state index is -0.505. The van der Waals surface area contributed by atoms with Gasteiger partial charge in [-0.15, -0.1) is 0 Å². The Balaban J connectivity index is 1.45. The first-order valence-corrected chi connectivity index (χ1v) is 11.0. The van der Waals surface area contributed by atoms with Gasteiger partial charge in [-0.05, 0) is 97.5 Å². The molecule has 0 radical (unpaired) electrons. The summed E-state index contributed by atoms with van der Waals surface area (Å²) >= 11 is 0. The molecule has 5 rings (SSSR count). The van der Waals surface area contributed by atoms with Gasteiger partial charge < -0.3 is 9.52 Å². The summed E-state index contributed by atoms with van der Waals surface area (Å²) in [7, 11) is 0. The summed E-state index contributed by atoms with van der Waals surface area (Å²) < 4.78 is 18.4. The fraction of sp³-hybridized carbons (Fsp3) is 0.750. The smallest absolute Gasteiger partial charge is 0.147 e. The molecule has 1 heterocycles. The molecule has 0 bridgehead atoms. The Morgan fingerprint density at radius 3 is 2.78 bits per heavy atom. The lowest BCUT2D eigenvalue weighted by molar-refractivity contribution is -0.0409. The summed E-state index contributed by atoms with van der Waals surface area (Å²) in [5, 5.41) is 10.2. The molecule has 0 unspecified atom stereocenters. The van der Waals surface area contributed by atoms with Gasteiger partial charge in [0, 0.05) is 0 Å². The predicted octanol–water partition coefficient (Wildman–Crippen LogP) is 6.16. The number of aliphatic hydroxyl groups is 1. The molecular weight excluding hydrogens is 339 g/mol. The van der Waals surface area contributed by atoms with Gasteiger partial charge in [-0.2, -0.15) is 0 Å². The molecule has 27 heavy (non-hydrogen) atoms. The van der Waals surface area contributed by atoms with Gasteiger partial charge in [0.25, 0.3) is 0 Å². The topological polar surface area (TPSA) is 33.4 Å². The third-order valence-corrected chi connectivity index (χ3v) is 9.29. The van der Waals surface area contributed by atoms with Crippen molar-refractivity contribution < 1.29 is 13.9 Å². The Kier molecular flexibility index (Phi) is 4.13. The van der Waals surface area contributed by atoms with Crippen molar-refractivity contribution in [2.45, 2.75) is 83.9 Å². The molecule has 1 aromatic rings. The number of aliphatic hydroxyl groups excluding tert-OH is 1. The van der Waals surface area contributed by atoms with E-state index in [0.717, 1.165) is 37.0 Å². The normalized spacial score (nSPS) is 46.4. The number of alkyl halides is 1. The first kappa shape index (κ1) is 18.0. The molecule has 0 aromatic carbocycles. The maximum atomic E-state index is 13.0. The van der Waals surface area contributed by atoms with Crippen LogP contribution in [0.2, 0.25) is 0 Å². The monoisotopic (exact) mass is 372 g/mol. The van der Waals surface area contributed by atoms with E-state index in [1.807, 2.05) is 12.3 Å². The number of allylic oxidation sites excluding steroid dienone is 1. The van der Waals surface area contributed by atoms with Crippen molar-refractivity contribution >= 4 is 0 Å². The van der Waals surface area contributed by atoms with Crippen molar-refractivity contribution in [3.05, 3.63) is 35.3 Å². The summed E-state index contributed by atoms with van der Waals surface area (Å²) in [6.45, 7) is 4.48. The second-order valence-electron chi connectivity index (χ2n) is 10.3. The SMILES string of the molecule is C[C@]12CC[C@H]3[C@@H](CC=C4C[C@@H](O)CC[C@@]43C)[C@@H]1CC[C@@H]2c1coc(CF)c1. The van der Waals surface area contributed by atoms with Gasteiger partial charge >= 0.3 is 0 Å². The average Bonchev–Trinajstić information content (AvgIpc) is 3.25. The fourth-order valence-corrected chi connectivity index (χ4v) is 7.84. The third-order valence-electron chi connectivity index (χ3n) is 9.29. The first-order valence-electron chi connectivity index (χ1n) is 11.0. The number of fused-ring (bicyclic) bond motifs is 5. The lowest BCUT2D eigenvalue weighted by Crippen LogP contribution is -2.50. The zero-order valence-electron chi connectivity index (χ0n) is 16.7. The van der Waals surface area contributed by atoms with E-state index in [0.29, 0.717) is 22.5 Å². The van der Waals surface area contributed by atoms with Crippen LogP contribution in [-0.4, -0.2) is 11.2 Å². The van der Waals surface area contributed by atoms with Gasteiger partial charge in [0.05, 0.1) is 12.4 Å². The zero-order chi connectivity index (χ0) is 18.8. The van der Waals surface area contributed by atoms with E-state index in [2.05, 4.69) is 19.9 Å². The molecule has 1 aromatic heterocycles. The largest absolute Gasteiger partial charge is 0.466 e. The fourth-order valence-electron chi connectivity index (χ4n) is 7.84. The molecule has 0 amide bonds. The van der Waals surface area contributed by atoms with Crippen molar-refractivity contribution in [3.8, 4) is 0 Å². The van der Waals surface area contributed by atoms with Crippen LogP contribution in [0.3, 0.4) is 0 Å². The van der Waals surface area contributed by atoms with Gasteiger partial charge in [-0.1, -0.05) is 25.5 Å². The molecule has 1 N–H and O–H groups in total. The molecule has 4 aliphatic rings. The van der Waals surface area contributed by atoms with E-state index >= 15 is 0 Å². The van der Waals surface area contributed by atoms with Crippen LogP contribution in [0.25, 0.3) is 0 Å². The molecule has 2 nitrogen and oxygen atoms in total. The van der Waals surface area contributed by atoms with E-state index in [1.165, 1.54) is 37.7 Å². The van der Waals surface area contributed by atoms with Crippen LogP contribution in [0, 0.1) is 28.6 Å². The molecule has 4 aliphatic carbocycles. The quantitative estimate of drug-likeness (QED) is 0.631. The maximum absolute atomic E-state index is 13.0. The zero-order valence-corrected chi connectivity index (χ0v) is 16.7. The Morgan fingerprint density at radius 1 is 1.15 bits per heavy atom. The third kappa shape index (κ3) is 2.53. The van der Waals surface area contributed by atoms with Crippen molar-refractivity contribution in [3.63, 3.8) is 0 Å². The van der Waals surface area contributed by atoms with Crippen LogP contribution in [0.1, 0.15) is 82.5 Å². The summed E-state index contributed by atoms with van der Waals surface area (Å²) in [4.78, 5) is 0. The molecule has 7 atom stereocenters. The van der Waals surface area contributed by atoms with Gasteiger partial charge in [0.1, 0.15) is 12.4 Å². The van der Waals surface area contributed by atoms with Crippen LogP contribution in [0.4, 0.5) is 4.39 Å². The van der Waals surface area contributed by atoms with E-state index in [9.17, 15) is 9.50 Å². The van der Waals surface area contributed by atoms with Crippen LogP contribution < -0.4 is 0 Å². The average molecular weight is 373 g/mol. The predicted molar refractivity (Wildman–Crippen MR) is 104 cm³/mol. The highest BCUT2D eigenvalue weighted by molar-refractivity contribution is 5.28. The number of hydrogen-bond acceptors (Lipinski definition) is 2. The van der Waals surface area contributed by atoms with Crippen molar-refractivity contribution in [1.82, 2.24) is 0 Å². The highest BCUT2D eigenvalue weighted by Crippen LogP contribution is 2.68. The molecule has 3 saturated carbocycles. The maximum Gasteiger partial charge on any atom is 0.147 e. The van der Waals surface area contributed by atoms with Crippen molar-refractivity contribution in [2.75, 3.05) is 0 Å². The van der Waals surface area contributed by atoms with Crippen LogP contribution in [0.15, 0.2) is 28.4 Å². The van der Waals surface area contributed by atoms with Crippen LogP contribution >= 0.6 is 0 Å². The Morgan fingerprint density at radius 2 is 2.00 bits per heavy atom. The van der Waals surface area contributed by atoms with E-state index in [4.69, 9.17) is 4.42 Å². The minimum absolute atomic E-state index is 0.128. The number of halogens is 1. The van der Waals surface area contributed by atoms with E-state index in [-0.39, 0.29) is 6.10 Å². The van der Waals surface area contributed by atoms with Gasteiger partial charge in [-0.3, -0.25) is 0 Å². The number of furan rings is 1. The van der Waals surface area contributed by atoms with Gasteiger partial charge in [-0.25, -0.2) is 4.39 Å². The van der Waals surface area contributed by atoms with E-state index in [1.54, 1.807) is 5.57 Å². The lowest BCUT2D eigenvalue weighted by atomic mass is 9.47. The van der Waals surface area contributed by atoms with E-state index < -0.39 is 6.67 Å². The van der Waals surface area contributed by atoms with Gasteiger partial charge in [0.2, 0.25) is 0 Å². The Bertz CT molecular complexity index is 751. The standard InChI is InChI=1S/C24H33FO2/c1-23-9-7-17(26)12-16(23)3-4-19-21-6-5-20(15-11-18(13-25)27-14-15)24(21,2)10-8-22(19)23/h3,11,14,17,19-22,26H,4-10,12-13H2,1-2H3/t17-,19-,20+,21-,22-,23-,24+/m0/s1. The molecular formula is C24H33FO2. The second-order valence-corrected chi connectivity index (χ2v) is 10.3. The molecule has 3 heteroatoms.